The Labute approximate surface area is 99.5 Å². The molecule has 0 radical (unpaired) electrons. The van der Waals surface area contributed by atoms with E-state index >= 15 is 0 Å². The highest BCUT2D eigenvalue weighted by molar-refractivity contribution is 6.18. The molecule has 1 saturated heterocycles. The van der Waals surface area contributed by atoms with Crippen molar-refractivity contribution in [2.75, 3.05) is 12.4 Å². The summed E-state index contributed by atoms with van der Waals surface area (Å²) in [6, 6.07) is 1.81. The first-order valence-electron chi connectivity index (χ1n) is 5.52. The van der Waals surface area contributed by atoms with Gasteiger partial charge in [0.15, 0.2) is 5.69 Å². The van der Waals surface area contributed by atoms with Crippen LogP contribution in [0.25, 0.3) is 0 Å². The molecular formula is C11H15ClN2O2. The maximum absolute atomic E-state index is 12.1. The summed E-state index contributed by atoms with van der Waals surface area (Å²) in [6.45, 7) is 2.54. The Morgan fingerprint density at radius 3 is 3.12 bits per heavy atom. The van der Waals surface area contributed by atoms with Crippen LogP contribution in [0.1, 0.15) is 35.5 Å². The highest BCUT2D eigenvalue weighted by Gasteiger charge is 2.28. The van der Waals surface area contributed by atoms with E-state index in [1.807, 2.05) is 4.90 Å². The van der Waals surface area contributed by atoms with E-state index in [2.05, 4.69) is 5.16 Å². The molecular weight excluding hydrogens is 228 g/mol. The number of carbonyl (C=O) groups excluding carboxylic acids is 1. The molecule has 1 aliphatic rings. The number of halogens is 1. The fourth-order valence-corrected chi connectivity index (χ4v) is 2.36. The monoisotopic (exact) mass is 242 g/mol. The molecule has 88 valence electrons. The molecule has 0 N–H and O–H groups in total. The van der Waals surface area contributed by atoms with E-state index in [1.165, 1.54) is 0 Å². The van der Waals surface area contributed by atoms with Gasteiger partial charge in [-0.2, -0.15) is 0 Å². The molecule has 2 rings (SSSR count). The zero-order chi connectivity index (χ0) is 11.5. The van der Waals surface area contributed by atoms with E-state index in [-0.39, 0.29) is 11.9 Å². The van der Waals surface area contributed by atoms with Gasteiger partial charge in [0.1, 0.15) is 5.76 Å². The molecule has 4 nitrogen and oxygen atoms in total. The van der Waals surface area contributed by atoms with E-state index in [0.717, 1.165) is 25.8 Å². The third kappa shape index (κ3) is 2.21. The lowest BCUT2D eigenvalue weighted by molar-refractivity contribution is 0.0628. The van der Waals surface area contributed by atoms with Gasteiger partial charge >= 0.3 is 0 Å². The molecule has 16 heavy (non-hydrogen) atoms. The van der Waals surface area contributed by atoms with Gasteiger partial charge in [-0.05, 0) is 26.2 Å². The number of amides is 1. The van der Waals surface area contributed by atoms with Gasteiger partial charge in [0.25, 0.3) is 5.91 Å². The Balaban J connectivity index is 2.13. The van der Waals surface area contributed by atoms with Gasteiger partial charge in [0.2, 0.25) is 0 Å². The van der Waals surface area contributed by atoms with Gasteiger partial charge in [-0.15, -0.1) is 11.6 Å². The summed E-state index contributed by atoms with van der Waals surface area (Å²) in [7, 11) is 0. The Hall–Kier alpha value is -1.03. The molecule has 1 fully saturated rings. The number of likely N-dealkylation sites (tertiary alicyclic amines) is 1. The van der Waals surface area contributed by atoms with E-state index in [9.17, 15) is 4.79 Å². The molecule has 0 aliphatic carbocycles. The Bertz CT molecular complexity index is 378. The van der Waals surface area contributed by atoms with Crippen LogP contribution >= 0.6 is 11.6 Å². The molecule has 1 atom stereocenters. The molecule has 1 unspecified atom stereocenters. The predicted molar refractivity (Wildman–Crippen MR) is 60.6 cm³/mol. The lowest BCUT2D eigenvalue weighted by atomic mass is 10.0. The molecule has 0 aromatic carbocycles. The minimum atomic E-state index is -0.0674. The van der Waals surface area contributed by atoms with Crippen LogP contribution in [0.3, 0.4) is 0 Å². The third-order valence-electron chi connectivity index (χ3n) is 2.91. The number of nitrogens with zero attached hydrogens (tertiary/aromatic N) is 2. The summed E-state index contributed by atoms with van der Waals surface area (Å²) in [4.78, 5) is 13.9. The number of aromatic nitrogens is 1. The van der Waals surface area contributed by atoms with Gasteiger partial charge in [0.05, 0.1) is 0 Å². The van der Waals surface area contributed by atoms with Crippen molar-refractivity contribution < 1.29 is 9.32 Å². The van der Waals surface area contributed by atoms with Crippen LogP contribution in [0.4, 0.5) is 0 Å². The normalized spacial score (nSPS) is 21.1. The minimum Gasteiger partial charge on any atom is -0.361 e. The molecule has 1 aromatic heterocycles. The van der Waals surface area contributed by atoms with E-state index in [0.29, 0.717) is 17.3 Å². The van der Waals surface area contributed by atoms with Gasteiger partial charge < -0.3 is 9.42 Å². The number of aryl methyl sites for hydroxylation is 1. The summed E-state index contributed by atoms with van der Waals surface area (Å²) in [5.41, 5.74) is 0.384. The van der Waals surface area contributed by atoms with Crippen LogP contribution in [-0.2, 0) is 0 Å². The van der Waals surface area contributed by atoms with Crippen LogP contribution in [0, 0.1) is 6.92 Å². The number of piperidine rings is 1. The fourth-order valence-electron chi connectivity index (χ4n) is 2.04. The lowest BCUT2D eigenvalue weighted by Crippen LogP contribution is -2.44. The average Bonchev–Trinajstić information content (AvgIpc) is 2.75. The van der Waals surface area contributed by atoms with Crippen molar-refractivity contribution in [2.24, 2.45) is 0 Å². The Morgan fingerprint density at radius 1 is 1.69 bits per heavy atom. The van der Waals surface area contributed by atoms with Gasteiger partial charge in [-0.3, -0.25) is 4.79 Å². The fraction of sp³-hybridized carbons (Fsp3) is 0.636. The smallest absolute Gasteiger partial charge is 0.276 e. The summed E-state index contributed by atoms with van der Waals surface area (Å²) < 4.78 is 4.91. The zero-order valence-corrected chi connectivity index (χ0v) is 10.0. The number of hydrogen-bond donors (Lipinski definition) is 0. The summed E-state index contributed by atoms with van der Waals surface area (Å²) in [5.74, 6) is 1.08. The van der Waals surface area contributed by atoms with Crippen molar-refractivity contribution in [2.45, 2.75) is 32.2 Å². The first-order chi connectivity index (χ1) is 7.72. The Morgan fingerprint density at radius 2 is 2.50 bits per heavy atom. The predicted octanol–water partition coefficient (Wildman–Crippen LogP) is 2.22. The molecule has 0 saturated carbocycles. The molecule has 1 aliphatic heterocycles. The topological polar surface area (TPSA) is 46.3 Å². The highest BCUT2D eigenvalue weighted by Crippen LogP contribution is 2.20. The van der Waals surface area contributed by atoms with Crippen LogP contribution in [0.15, 0.2) is 10.6 Å². The molecule has 0 spiro atoms. The number of rotatable bonds is 2. The van der Waals surface area contributed by atoms with E-state index in [4.69, 9.17) is 16.1 Å². The minimum absolute atomic E-state index is 0.0674. The van der Waals surface area contributed by atoms with E-state index < -0.39 is 0 Å². The first kappa shape index (κ1) is 11.5. The van der Waals surface area contributed by atoms with Crippen LogP contribution < -0.4 is 0 Å². The zero-order valence-electron chi connectivity index (χ0n) is 9.28. The maximum atomic E-state index is 12.1. The second-order valence-electron chi connectivity index (χ2n) is 4.13. The maximum Gasteiger partial charge on any atom is 0.276 e. The summed E-state index contributed by atoms with van der Waals surface area (Å²) >= 11 is 5.87. The molecule has 1 amide bonds. The quantitative estimate of drug-likeness (QED) is 0.747. The van der Waals surface area contributed by atoms with Crippen LogP contribution in [0.2, 0.25) is 0 Å². The van der Waals surface area contributed by atoms with Crippen molar-refractivity contribution in [3.8, 4) is 0 Å². The number of carbonyl (C=O) groups is 1. The van der Waals surface area contributed by atoms with E-state index in [1.54, 1.807) is 13.0 Å². The van der Waals surface area contributed by atoms with Gasteiger partial charge in [-0.25, -0.2) is 0 Å². The summed E-state index contributed by atoms with van der Waals surface area (Å²) in [5, 5.41) is 3.75. The second-order valence-corrected chi connectivity index (χ2v) is 4.43. The number of hydrogen-bond acceptors (Lipinski definition) is 3. The first-order valence-corrected chi connectivity index (χ1v) is 6.06. The second kappa shape index (κ2) is 4.87. The van der Waals surface area contributed by atoms with Crippen LogP contribution in [0.5, 0.6) is 0 Å². The van der Waals surface area contributed by atoms with Crippen LogP contribution in [-0.4, -0.2) is 34.4 Å². The third-order valence-corrected chi connectivity index (χ3v) is 3.27. The van der Waals surface area contributed by atoms with Gasteiger partial charge in [0, 0.05) is 24.5 Å². The SMILES string of the molecule is Cc1cc(C(=O)N2CCCCC2CCl)no1. The van der Waals surface area contributed by atoms with Crippen molar-refractivity contribution >= 4 is 17.5 Å². The average molecular weight is 243 g/mol. The van der Waals surface area contributed by atoms with Crippen molar-refractivity contribution in [1.82, 2.24) is 10.1 Å². The number of alkyl halides is 1. The lowest BCUT2D eigenvalue weighted by Gasteiger charge is -2.33. The molecule has 0 bridgehead atoms. The largest absolute Gasteiger partial charge is 0.361 e. The van der Waals surface area contributed by atoms with Crippen molar-refractivity contribution in [3.63, 3.8) is 0 Å². The Kier molecular flexibility index (Phi) is 3.49. The standard InChI is InChI=1S/C11H15ClN2O2/c1-8-6-10(13-16-8)11(15)14-5-3-2-4-9(14)7-12/h6,9H,2-5,7H2,1H3. The summed E-state index contributed by atoms with van der Waals surface area (Å²) in [6.07, 6.45) is 3.15. The molecule has 5 heteroatoms. The molecule has 2 heterocycles. The van der Waals surface area contributed by atoms with Crippen molar-refractivity contribution in [3.05, 3.63) is 17.5 Å². The highest BCUT2D eigenvalue weighted by atomic mass is 35.5. The molecule has 1 aromatic rings. The van der Waals surface area contributed by atoms with Gasteiger partial charge in [-0.1, -0.05) is 5.16 Å². The van der Waals surface area contributed by atoms with Crippen molar-refractivity contribution in [1.29, 1.82) is 0 Å².